The highest BCUT2D eigenvalue weighted by molar-refractivity contribution is 7.88. The largest absolute Gasteiger partial charge is 0.336 e. The van der Waals surface area contributed by atoms with Gasteiger partial charge in [-0.15, -0.1) is 0 Å². The minimum Gasteiger partial charge on any atom is -0.336 e. The number of carbonyl (C=O) groups is 1. The summed E-state index contributed by atoms with van der Waals surface area (Å²) in [5, 5.41) is 0.797. The fourth-order valence-corrected chi connectivity index (χ4v) is 3.44. The average molecular weight is 337 g/mol. The predicted molar refractivity (Wildman–Crippen MR) is 78.8 cm³/mol. The van der Waals surface area contributed by atoms with E-state index in [-0.39, 0.29) is 5.91 Å². The van der Waals surface area contributed by atoms with Crippen LogP contribution >= 0.6 is 23.2 Å². The van der Waals surface area contributed by atoms with Crippen LogP contribution in [-0.4, -0.2) is 56.0 Å². The van der Waals surface area contributed by atoms with Crippen molar-refractivity contribution in [3.8, 4) is 0 Å². The molecule has 2 rings (SSSR count). The lowest BCUT2D eigenvalue weighted by molar-refractivity contribution is 0.0698. The molecule has 1 heterocycles. The third-order valence-electron chi connectivity index (χ3n) is 3.10. The standard InChI is InChI=1S/C12H14Cl2N2O3S/c1-20(18,19)16-4-2-15(3-5-16)12(17)9-6-10(13)8-11(14)7-9/h6-8H,2-5H2,1H3. The molecule has 0 aromatic heterocycles. The molecular formula is C12H14Cl2N2O3S. The van der Waals surface area contributed by atoms with Gasteiger partial charge in [-0.25, -0.2) is 8.42 Å². The van der Waals surface area contributed by atoms with E-state index in [0.29, 0.717) is 41.8 Å². The lowest BCUT2D eigenvalue weighted by Gasteiger charge is -2.33. The summed E-state index contributed by atoms with van der Waals surface area (Å²) in [4.78, 5) is 13.9. The van der Waals surface area contributed by atoms with Crippen molar-refractivity contribution in [2.75, 3.05) is 32.4 Å². The Morgan fingerprint density at radius 2 is 1.55 bits per heavy atom. The van der Waals surface area contributed by atoms with E-state index in [1.165, 1.54) is 10.6 Å². The zero-order valence-electron chi connectivity index (χ0n) is 10.8. The van der Waals surface area contributed by atoms with Crippen molar-refractivity contribution < 1.29 is 13.2 Å². The molecule has 0 atom stereocenters. The van der Waals surface area contributed by atoms with Crippen molar-refractivity contribution >= 4 is 39.1 Å². The molecule has 5 nitrogen and oxygen atoms in total. The fraction of sp³-hybridized carbons (Fsp3) is 0.417. The summed E-state index contributed by atoms with van der Waals surface area (Å²) < 4.78 is 24.2. The van der Waals surface area contributed by atoms with Crippen LogP contribution in [0.25, 0.3) is 0 Å². The minimum absolute atomic E-state index is 0.192. The summed E-state index contributed by atoms with van der Waals surface area (Å²) in [5.74, 6) is -0.192. The molecule has 0 N–H and O–H groups in total. The van der Waals surface area contributed by atoms with E-state index in [2.05, 4.69) is 0 Å². The van der Waals surface area contributed by atoms with E-state index in [0.717, 1.165) is 0 Å². The third-order valence-corrected chi connectivity index (χ3v) is 4.84. The molecule has 1 aliphatic rings. The average Bonchev–Trinajstić information content (AvgIpc) is 2.36. The molecule has 8 heteroatoms. The van der Waals surface area contributed by atoms with Gasteiger partial charge in [0.05, 0.1) is 6.26 Å². The Kier molecular flexibility index (Phi) is 4.59. The minimum atomic E-state index is -3.20. The Morgan fingerprint density at radius 1 is 1.05 bits per heavy atom. The van der Waals surface area contributed by atoms with Gasteiger partial charge in [0, 0.05) is 41.8 Å². The van der Waals surface area contributed by atoms with Crippen LogP contribution in [0.2, 0.25) is 10.0 Å². The van der Waals surface area contributed by atoms with Gasteiger partial charge in [0.15, 0.2) is 0 Å². The second-order valence-electron chi connectivity index (χ2n) is 4.61. The van der Waals surface area contributed by atoms with Crippen molar-refractivity contribution in [1.82, 2.24) is 9.21 Å². The number of piperazine rings is 1. The predicted octanol–water partition coefficient (Wildman–Crippen LogP) is 1.71. The third kappa shape index (κ3) is 3.63. The smallest absolute Gasteiger partial charge is 0.254 e. The molecule has 1 aromatic carbocycles. The second-order valence-corrected chi connectivity index (χ2v) is 7.47. The molecule has 1 aliphatic heterocycles. The molecule has 110 valence electrons. The molecule has 0 bridgehead atoms. The molecule has 0 aliphatic carbocycles. The van der Waals surface area contributed by atoms with E-state index >= 15 is 0 Å². The van der Waals surface area contributed by atoms with E-state index in [1.54, 1.807) is 23.1 Å². The van der Waals surface area contributed by atoms with Gasteiger partial charge in [-0.3, -0.25) is 4.79 Å². The number of carbonyl (C=O) groups excluding carboxylic acids is 1. The van der Waals surface area contributed by atoms with Gasteiger partial charge in [-0.05, 0) is 18.2 Å². The van der Waals surface area contributed by atoms with E-state index in [1.807, 2.05) is 0 Å². The quantitative estimate of drug-likeness (QED) is 0.826. The maximum absolute atomic E-state index is 12.3. The second kappa shape index (κ2) is 5.89. The molecule has 1 saturated heterocycles. The first-order chi connectivity index (χ1) is 9.27. The topological polar surface area (TPSA) is 57.7 Å². The van der Waals surface area contributed by atoms with Gasteiger partial charge in [0.1, 0.15) is 0 Å². The van der Waals surface area contributed by atoms with Gasteiger partial charge < -0.3 is 4.90 Å². The number of sulfonamides is 1. The SMILES string of the molecule is CS(=O)(=O)N1CCN(C(=O)c2cc(Cl)cc(Cl)c2)CC1. The van der Waals surface area contributed by atoms with Gasteiger partial charge in [-0.1, -0.05) is 23.2 Å². The fourth-order valence-electron chi connectivity index (χ4n) is 2.08. The van der Waals surface area contributed by atoms with Crippen molar-refractivity contribution in [2.45, 2.75) is 0 Å². The first-order valence-electron chi connectivity index (χ1n) is 5.98. The Bertz CT molecular complexity index is 605. The Labute approximate surface area is 128 Å². The first kappa shape index (κ1) is 15.6. The molecule has 20 heavy (non-hydrogen) atoms. The molecule has 0 unspecified atom stereocenters. The maximum atomic E-state index is 12.3. The molecule has 1 fully saturated rings. The molecule has 0 radical (unpaired) electrons. The molecule has 1 aromatic rings. The summed E-state index contributed by atoms with van der Waals surface area (Å²) in [6.45, 7) is 1.32. The number of halogens is 2. The van der Waals surface area contributed by atoms with Gasteiger partial charge >= 0.3 is 0 Å². The normalized spacial score (nSPS) is 17.2. The highest BCUT2D eigenvalue weighted by Crippen LogP contribution is 2.20. The highest BCUT2D eigenvalue weighted by atomic mass is 35.5. The van der Waals surface area contributed by atoms with E-state index in [9.17, 15) is 13.2 Å². The monoisotopic (exact) mass is 336 g/mol. The number of amides is 1. The number of benzene rings is 1. The van der Waals surface area contributed by atoms with Crippen molar-refractivity contribution in [1.29, 1.82) is 0 Å². The number of hydrogen-bond acceptors (Lipinski definition) is 3. The van der Waals surface area contributed by atoms with Crippen LogP contribution in [0.4, 0.5) is 0 Å². The summed E-state index contributed by atoms with van der Waals surface area (Å²) in [5.41, 5.74) is 0.412. The maximum Gasteiger partial charge on any atom is 0.254 e. The summed E-state index contributed by atoms with van der Waals surface area (Å²) in [6.07, 6.45) is 1.17. The van der Waals surface area contributed by atoms with Crippen LogP contribution in [0.15, 0.2) is 18.2 Å². The van der Waals surface area contributed by atoms with E-state index in [4.69, 9.17) is 23.2 Å². The van der Waals surface area contributed by atoms with Gasteiger partial charge in [0.25, 0.3) is 5.91 Å². The van der Waals surface area contributed by atoms with E-state index < -0.39 is 10.0 Å². The van der Waals surface area contributed by atoms with Crippen LogP contribution in [0.5, 0.6) is 0 Å². The van der Waals surface area contributed by atoms with Crippen LogP contribution in [0.1, 0.15) is 10.4 Å². The Balaban J connectivity index is 2.09. The number of hydrogen-bond donors (Lipinski definition) is 0. The zero-order valence-corrected chi connectivity index (χ0v) is 13.2. The summed E-state index contributed by atoms with van der Waals surface area (Å²) in [6, 6.07) is 4.67. The zero-order chi connectivity index (χ0) is 14.9. The summed E-state index contributed by atoms with van der Waals surface area (Å²) >= 11 is 11.7. The summed E-state index contributed by atoms with van der Waals surface area (Å²) in [7, 11) is -3.20. The highest BCUT2D eigenvalue weighted by Gasteiger charge is 2.26. The number of nitrogens with zero attached hydrogens (tertiary/aromatic N) is 2. The molecule has 1 amide bonds. The van der Waals surface area contributed by atoms with Crippen molar-refractivity contribution in [2.24, 2.45) is 0 Å². The van der Waals surface area contributed by atoms with Crippen molar-refractivity contribution in [3.05, 3.63) is 33.8 Å². The Hall–Kier alpha value is -0.820. The van der Waals surface area contributed by atoms with Crippen LogP contribution in [-0.2, 0) is 10.0 Å². The molecule has 0 saturated carbocycles. The van der Waals surface area contributed by atoms with Crippen LogP contribution in [0, 0.1) is 0 Å². The lowest BCUT2D eigenvalue weighted by Crippen LogP contribution is -2.50. The Morgan fingerprint density at radius 3 is 2.00 bits per heavy atom. The van der Waals surface area contributed by atoms with Crippen LogP contribution < -0.4 is 0 Å². The first-order valence-corrected chi connectivity index (χ1v) is 8.58. The van der Waals surface area contributed by atoms with Crippen LogP contribution in [0.3, 0.4) is 0 Å². The number of rotatable bonds is 2. The molecular weight excluding hydrogens is 323 g/mol. The van der Waals surface area contributed by atoms with Gasteiger partial charge in [-0.2, -0.15) is 4.31 Å². The van der Waals surface area contributed by atoms with Gasteiger partial charge in [0.2, 0.25) is 10.0 Å². The molecule has 0 spiro atoms. The lowest BCUT2D eigenvalue weighted by atomic mass is 10.2. The van der Waals surface area contributed by atoms with Crippen molar-refractivity contribution in [3.63, 3.8) is 0 Å².